The maximum absolute atomic E-state index is 2.36. The first-order valence-corrected chi connectivity index (χ1v) is 18.1. The van der Waals surface area contributed by atoms with E-state index in [2.05, 4.69) is 158 Å². The standard InChI is InChI=1S/C38H26.5C2H6/c1-4-14-27(15-5-1)30-24-31(28-16-6-2-7-17-28)26-32(25-30)38-35-22-12-10-20-33(35)37(29-18-8-3-9-19-29)34-21-11-13-23-36(34)38;5*1-2/h1-26H;5*1-2H3. The van der Waals surface area contributed by atoms with Crippen molar-refractivity contribution >= 4 is 21.5 Å². The summed E-state index contributed by atoms with van der Waals surface area (Å²) in [6.45, 7) is 20.0. The quantitative estimate of drug-likeness (QED) is 0.169. The van der Waals surface area contributed by atoms with E-state index in [9.17, 15) is 0 Å². The Labute approximate surface area is 292 Å². The first kappa shape index (κ1) is 39.2. The zero-order chi connectivity index (χ0) is 35.3. The van der Waals surface area contributed by atoms with Crippen LogP contribution in [0.5, 0.6) is 0 Å². The molecular weight excluding hydrogens is 577 g/mol. The van der Waals surface area contributed by atoms with E-state index >= 15 is 0 Å². The molecule has 48 heavy (non-hydrogen) atoms. The molecule has 0 aliphatic heterocycles. The monoisotopic (exact) mass is 632 g/mol. The van der Waals surface area contributed by atoms with Gasteiger partial charge in [-0.25, -0.2) is 0 Å². The summed E-state index contributed by atoms with van der Waals surface area (Å²) in [7, 11) is 0. The van der Waals surface area contributed by atoms with Gasteiger partial charge >= 0.3 is 0 Å². The minimum absolute atomic E-state index is 1.22. The van der Waals surface area contributed by atoms with Crippen LogP contribution >= 0.6 is 0 Å². The molecule has 7 aromatic rings. The summed E-state index contributed by atoms with van der Waals surface area (Å²) in [6.07, 6.45) is 0. The number of fused-ring (bicyclic) bond motifs is 2. The highest BCUT2D eigenvalue weighted by atomic mass is 14.2. The van der Waals surface area contributed by atoms with Crippen LogP contribution in [0.3, 0.4) is 0 Å². The highest BCUT2D eigenvalue weighted by molar-refractivity contribution is 6.21. The zero-order valence-electron chi connectivity index (χ0n) is 31.0. The van der Waals surface area contributed by atoms with Crippen molar-refractivity contribution in [3.05, 3.63) is 158 Å². The molecule has 0 radical (unpaired) electrons. The SMILES string of the molecule is CC.CC.CC.CC.CC.c1ccc(-c2cc(-c3ccccc3)cc(-c3c4ccccc4c(-c4ccccc4)c4ccccc34)c2)cc1. The van der Waals surface area contributed by atoms with Crippen LogP contribution in [0.1, 0.15) is 69.2 Å². The molecule has 0 aliphatic rings. The maximum Gasteiger partial charge on any atom is -0.00259 e. The number of rotatable bonds is 4. The molecule has 0 nitrogen and oxygen atoms in total. The summed E-state index contributed by atoms with van der Waals surface area (Å²) >= 11 is 0. The molecule has 0 heteroatoms. The third-order valence-corrected chi connectivity index (χ3v) is 7.43. The first-order valence-electron chi connectivity index (χ1n) is 18.1. The normalized spacial score (nSPS) is 9.46. The second-order valence-electron chi connectivity index (χ2n) is 9.74. The smallest absolute Gasteiger partial charge is 0.00259 e. The van der Waals surface area contributed by atoms with Gasteiger partial charge in [0.05, 0.1) is 0 Å². The highest BCUT2D eigenvalue weighted by Crippen LogP contribution is 2.45. The lowest BCUT2D eigenvalue weighted by Gasteiger charge is -2.19. The summed E-state index contributed by atoms with van der Waals surface area (Å²) in [4.78, 5) is 0. The van der Waals surface area contributed by atoms with Crippen LogP contribution < -0.4 is 0 Å². The minimum atomic E-state index is 1.22. The summed E-state index contributed by atoms with van der Waals surface area (Å²) < 4.78 is 0. The van der Waals surface area contributed by atoms with Gasteiger partial charge in [0.25, 0.3) is 0 Å². The third kappa shape index (κ3) is 9.11. The van der Waals surface area contributed by atoms with Gasteiger partial charge in [-0.2, -0.15) is 0 Å². The van der Waals surface area contributed by atoms with Crippen LogP contribution in [0.2, 0.25) is 0 Å². The molecular formula is C48H56. The van der Waals surface area contributed by atoms with Crippen molar-refractivity contribution in [1.29, 1.82) is 0 Å². The molecule has 248 valence electrons. The van der Waals surface area contributed by atoms with Crippen molar-refractivity contribution in [3.8, 4) is 44.5 Å². The van der Waals surface area contributed by atoms with Crippen molar-refractivity contribution in [3.63, 3.8) is 0 Å². The van der Waals surface area contributed by atoms with Crippen LogP contribution in [-0.2, 0) is 0 Å². The third-order valence-electron chi connectivity index (χ3n) is 7.43. The van der Waals surface area contributed by atoms with Gasteiger partial charge in [-0.05, 0) is 84.3 Å². The Hall–Kier alpha value is -4.94. The molecule has 0 spiro atoms. The fourth-order valence-electron chi connectivity index (χ4n) is 5.72. The number of hydrogen-bond acceptors (Lipinski definition) is 0. The van der Waals surface area contributed by atoms with Gasteiger partial charge in [0.1, 0.15) is 0 Å². The topological polar surface area (TPSA) is 0 Å². The highest BCUT2D eigenvalue weighted by Gasteiger charge is 2.17. The predicted molar refractivity (Wildman–Crippen MR) is 220 cm³/mol. The van der Waals surface area contributed by atoms with Crippen molar-refractivity contribution in [2.45, 2.75) is 69.2 Å². The lowest BCUT2D eigenvalue weighted by molar-refractivity contribution is 1.50. The fourth-order valence-corrected chi connectivity index (χ4v) is 5.72. The zero-order valence-corrected chi connectivity index (χ0v) is 31.0. The lowest BCUT2D eigenvalue weighted by Crippen LogP contribution is -1.92. The van der Waals surface area contributed by atoms with E-state index < -0.39 is 0 Å². The van der Waals surface area contributed by atoms with Crippen molar-refractivity contribution < 1.29 is 0 Å². The summed E-state index contributed by atoms with van der Waals surface area (Å²) in [5.74, 6) is 0. The van der Waals surface area contributed by atoms with Crippen LogP contribution in [0.25, 0.3) is 66.1 Å². The van der Waals surface area contributed by atoms with Gasteiger partial charge < -0.3 is 0 Å². The van der Waals surface area contributed by atoms with E-state index in [0.717, 1.165) is 0 Å². The molecule has 7 aromatic carbocycles. The average molecular weight is 633 g/mol. The van der Waals surface area contributed by atoms with Gasteiger partial charge in [0.2, 0.25) is 0 Å². The van der Waals surface area contributed by atoms with Crippen LogP contribution in [0.15, 0.2) is 158 Å². The summed E-state index contributed by atoms with van der Waals surface area (Å²) in [6, 6.07) is 57.0. The first-order chi connectivity index (χ1) is 23.9. The van der Waals surface area contributed by atoms with Crippen molar-refractivity contribution in [2.24, 2.45) is 0 Å². The van der Waals surface area contributed by atoms with E-state index in [1.165, 1.54) is 66.1 Å². The van der Waals surface area contributed by atoms with E-state index in [1.54, 1.807) is 0 Å². The van der Waals surface area contributed by atoms with Gasteiger partial charge in [0, 0.05) is 0 Å². The van der Waals surface area contributed by atoms with Crippen LogP contribution in [-0.4, -0.2) is 0 Å². The molecule has 7 rings (SSSR count). The van der Waals surface area contributed by atoms with E-state index in [0.29, 0.717) is 0 Å². The van der Waals surface area contributed by atoms with E-state index in [-0.39, 0.29) is 0 Å². The Bertz CT molecular complexity index is 1770. The molecule has 0 bridgehead atoms. The van der Waals surface area contributed by atoms with Gasteiger partial charge in [-0.1, -0.05) is 209 Å². The van der Waals surface area contributed by atoms with Gasteiger partial charge in [-0.15, -0.1) is 0 Å². The Morgan fingerprint density at radius 3 is 0.750 bits per heavy atom. The lowest BCUT2D eigenvalue weighted by atomic mass is 9.84. The van der Waals surface area contributed by atoms with Gasteiger partial charge in [0.15, 0.2) is 0 Å². The number of benzene rings is 7. The van der Waals surface area contributed by atoms with Crippen molar-refractivity contribution in [2.75, 3.05) is 0 Å². The van der Waals surface area contributed by atoms with E-state index in [4.69, 9.17) is 0 Å². The predicted octanol–water partition coefficient (Wildman–Crippen LogP) is 15.8. The molecule has 0 amide bonds. The Kier molecular flexibility index (Phi) is 17.8. The molecule has 0 N–H and O–H groups in total. The second-order valence-corrected chi connectivity index (χ2v) is 9.74. The summed E-state index contributed by atoms with van der Waals surface area (Å²) in [5, 5.41) is 5.10. The largest absolute Gasteiger partial charge is 0.0683 e. The minimum Gasteiger partial charge on any atom is -0.0683 e. The Morgan fingerprint density at radius 2 is 0.438 bits per heavy atom. The van der Waals surface area contributed by atoms with Crippen LogP contribution in [0.4, 0.5) is 0 Å². The van der Waals surface area contributed by atoms with Crippen molar-refractivity contribution in [1.82, 2.24) is 0 Å². The molecule has 0 saturated carbocycles. The molecule has 0 fully saturated rings. The molecule has 0 aromatic heterocycles. The Morgan fingerprint density at radius 1 is 0.208 bits per heavy atom. The summed E-state index contributed by atoms with van der Waals surface area (Å²) in [5.41, 5.74) is 9.95. The van der Waals surface area contributed by atoms with Gasteiger partial charge in [-0.3, -0.25) is 0 Å². The molecule has 0 unspecified atom stereocenters. The molecule has 0 aliphatic carbocycles. The molecule has 0 heterocycles. The molecule has 0 atom stereocenters. The molecule has 0 saturated heterocycles. The number of hydrogen-bond donors (Lipinski definition) is 0. The average Bonchev–Trinajstić information content (AvgIpc) is 3.21. The maximum atomic E-state index is 2.36. The fraction of sp³-hybridized carbons (Fsp3) is 0.208. The van der Waals surface area contributed by atoms with E-state index in [1.807, 2.05) is 69.2 Å². The van der Waals surface area contributed by atoms with Crippen LogP contribution in [0, 0.1) is 0 Å². The Balaban J connectivity index is 0.000000736. The second kappa shape index (κ2) is 21.8.